The van der Waals surface area contributed by atoms with E-state index in [1.807, 2.05) is 0 Å². The molecule has 0 aliphatic carbocycles. The Morgan fingerprint density at radius 2 is 2.62 bits per heavy atom. The lowest BCUT2D eigenvalue weighted by Gasteiger charge is -2.35. The van der Waals surface area contributed by atoms with Crippen molar-refractivity contribution in [3.05, 3.63) is 12.7 Å². The fourth-order valence-electron chi connectivity index (χ4n) is 1.57. The number of ether oxygens (including phenoxy) is 1. The van der Waals surface area contributed by atoms with E-state index in [4.69, 9.17) is 9.57 Å². The molecule has 13 heavy (non-hydrogen) atoms. The summed E-state index contributed by atoms with van der Waals surface area (Å²) < 4.78 is 4.86. The van der Waals surface area contributed by atoms with Crippen LogP contribution in [0.2, 0.25) is 0 Å². The Bertz CT molecular complexity index is 201. The van der Waals surface area contributed by atoms with Gasteiger partial charge in [-0.15, -0.1) is 6.58 Å². The molecule has 4 nitrogen and oxygen atoms in total. The van der Waals surface area contributed by atoms with Gasteiger partial charge in [-0.2, -0.15) is 5.48 Å². The Hall–Kier alpha value is -0.870. The third-order valence-electron chi connectivity index (χ3n) is 2.18. The van der Waals surface area contributed by atoms with Crippen molar-refractivity contribution in [1.82, 2.24) is 5.48 Å². The minimum absolute atomic E-state index is 0.183. The van der Waals surface area contributed by atoms with Crippen LogP contribution in [0.4, 0.5) is 0 Å². The third-order valence-corrected chi connectivity index (χ3v) is 2.18. The zero-order valence-corrected chi connectivity index (χ0v) is 7.84. The van der Waals surface area contributed by atoms with Crippen LogP contribution in [0.5, 0.6) is 0 Å². The summed E-state index contributed by atoms with van der Waals surface area (Å²) in [5.41, 5.74) is 2.54. The minimum Gasteiger partial charge on any atom is -0.466 e. The molecular formula is C9H15NO3. The molecule has 1 heterocycles. The van der Waals surface area contributed by atoms with Crippen molar-refractivity contribution in [3.63, 3.8) is 0 Å². The van der Waals surface area contributed by atoms with E-state index in [0.717, 1.165) is 6.42 Å². The number of hydroxylamine groups is 1. The molecule has 1 fully saturated rings. The fraction of sp³-hybridized carbons (Fsp3) is 0.667. The summed E-state index contributed by atoms with van der Waals surface area (Å²) >= 11 is 0. The van der Waals surface area contributed by atoms with Crippen LogP contribution >= 0.6 is 0 Å². The summed E-state index contributed by atoms with van der Waals surface area (Å²) in [7, 11) is 1.55. The zero-order chi connectivity index (χ0) is 9.73. The van der Waals surface area contributed by atoms with E-state index in [1.54, 1.807) is 13.2 Å². The second-order valence-electron chi connectivity index (χ2n) is 3.23. The highest BCUT2D eigenvalue weighted by atomic mass is 16.6. The van der Waals surface area contributed by atoms with Crippen LogP contribution in [-0.2, 0) is 14.4 Å². The van der Waals surface area contributed by atoms with Gasteiger partial charge in [0, 0.05) is 6.42 Å². The molecule has 0 bridgehead atoms. The van der Waals surface area contributed by atoms with Crippen molar-refractivity contribution in [2.45, 2.75) is 24.8 Å². The molecule has 1 saturated heterocycles. The lowest BCUT2D eigenvalue weighted by molar-refractivity contribution is -0.154. The van der Waals surface area contributed by atoms with Crippen LogP contribution in [0, 0.1) is 0 Å². The number of hydrogen-bond donors (Lipinski definition) is 1. The molecule has 1 atom stereocenters. The maximum Gasteiger partial charge on any atom is 0.307 e. The first kappa shape index (κ1) is 10.2. The number of esters is 1. The smallest absolute Gasteiger partial charge is 0.307 e. The van der Waals surface area contributed by atoms with Gasteiger partial charge < -0.3 is 9.57 Å². The maximum absolute atomic E-state index is 11.1. The predicted octanol–water partition coefficient (Wildman–Crippen LogP) is 0.789. The third kappa shape index (κ3) is 2.54. The fourth-order valence-corrected chi connectivity index (χ4v) is 1.57. The number of carbonyl (C=O) groups is 1. The Kier molecular flexibility index (Phi) is 3.45. The molecular weight excluding hydrogens is 170 g/mol. The first-order valence-corrected chi connectivity index (χ1v) is 4.29. The summed E-state index contributed by atoms with van der Waals surface area (Å²) in [6.45, 7) is 4.11. The number of cyclic esters (lactones) is 1. The quantitative estimate of drug-likeness (QED) is 0.399. The van der Waals surface area contributed by atoms with E-state index in [9.17, 15) is 4.79 Å². The van der Waals surface area contributed by atoms with Crippen LogP contribution in [0.15, 0.2) is 12.7 Å². The van der Waals surface area contributed by atoms with Gasteiger partial charge >= 0.3 is 5.97 Å². The summed E-state index contributed by atoms with van der Waals surface area (Å²) in [5, 5.41) is 0. The van der Waals surface area contributed by atoms with Crippen molar-refractivity contribution in [1.29, 1.82) is 0 Å². The minimum atomic E-state index is -0.314. The van der Waals surface area contributed by atoms with Crippen molar-refractivity contribution in [3.8, 4) is 0 Å². The molecule has 1 aliphatic heterocycles. The van der Waals surface area contributed by atoms with Gasteiger partial charge in [0.25, 0.3) is 0 Å². The molecule has 1 unspecified atom stereocenters. The van der Waals surface area contributed by atoms with Gasteiger partial charge in [-0.1, -0.05) is 6.08 Å². The van der Waals surface area contributed by atoms with E-state index in [1.165, 1.54) is 0 Å². The van der Waals surface area contributed by atoms with Gasteiger partial charge in [-0.3, -0.25) is 4.79 Å². The average molecular weight is 185 g/mol. The molecule has 1 N–H and O–H groups in total. The van der Waals surface area contributed by atoms with E-state index in [0.29, 0.717) is 19.4 Å². The van der Waals surface area contributed by atoms with Crippen LogP contribution in [0.1, 0.15) is 19.3 Å². The topological polar surface area (TPSA) is 47.6 Å². The zero-order valence-electron chi connectivity index (χ0n) is 7.84. The molecule has 0 aromatic heterocycles. The highest BCUT2D eigenvalue weighted by molar-refractivity contribution is 5.71. The Morgan fingerprint density at radius 3 is 3.15 bits per heavy atom. The largest absolute Gasteiger partial charge is 0.466 e. The Morgan fingerprint density at radius 1 is 1.85 bits per heavy atom. The highest BCUT2D eigenvalue weighted by Crippen LogP contribution is 2.25. The molecule has 0 amide bonds. The van der Waals surface area contributed by atoms with Crippen molar-refractivity contribution >= 4 is 5.97 Å². The SMILES string of the molecule is C=CCC1(NOC)CCOC(=O)C1. The van der Waals surface area contributed by atoms with E-state index in [-0.39, 0.29) is 11.5 Å². The normalized spacial score (nSPS) is 28.2. The second kappa shape index (κ2) is 4.39. The van der Waals surface area contributed by atoms with Gasteiger partial charge in [-0.25, -0.2) is 0 Å². The standard InChI is InChI=1S/C9H15NO3/c1-3-4-9(10-12-2)5-6-13-8(11)7-9/h3,10H,1,4-7H2,2H3. The molecule has 0 saturated carbocycles. The van der Waals surface area contributed by atoms with E-state index < -0.39 is 0 Å². The van der Waals surface area contributed by atoms with Gasteiger partial charge in [0.05, 0.1) is 25.7 Å². The summed E-state index contributed by atoms with van der Waals surface area (Å²) in [5.74, 6) is -0.183. The van der Waals surface area contributed by atoms with Gasteiger partial charge in [0.15, 0.2) is 0 Å². The molecule has 1 aliphatic rings. The molecule has 0 aromatic carbocycles. The lowest BCUT2D eigenvalue weighted by Crippen LogP contribution is -2.49. The van der Waals surface area contributed by atoms with Gasteiger partial charge in [0.1, 0.15) is 0 Å². The molecule has 4 heteroatoms. The first-order chi connectivity index (χ1) is 6.22. The summed E-state index contributed by atoms with van der Waals surface area (Å²) in [4.78, 5) is 16.0. The van der Waals surface area contributed by atoms with Crippen LogP contribution in [0.25, 0.3) is 0 Å². The van der Waals surface area contributed by atoms with Crippen LogP contribution in [-0.4, -0.2) is 25.2 Å². The van der Waals surface area contributed by atoms with E-state index in [2.05, 4.69) is 12.1 Å². The molecule has 0 spiro atoms. The molecule has 0 aromatic rings. The van der Waals surface area contributed by atoms with Crippen molar-refractivity contribution in [2.75, 3.05) is 13.7 Å². The summed E-state index contributed by atoms with van der Waals surface area (Å²) in [6, 6.07) is 0. The van der Waals surface area contributed by atoms with E-state index >= 15 is 0 Å². The van der Waals surface area contributed by atoms with Crippen LogP contribution in [0.3, 0.4) is 0 Å². The van der Waals surface area contributed by atoms with Gasteiger partial charge in [-0.05, 0) is 6.42 Å². The Labute approximate surface area is 77.9 Å². The van der Waals surface area contributed by atoms with Crippen molar-refractivity contribution in [2.24, 2.45) is 0 Å². The highest BCUT2D eigenvalue weighted by Gasteiger charge is 2.36. The molecule has 74 valence electrons. The summed E-state index contributed by atoms with van der Waals surface area (Å²) in [6.07, 6.45) is 3.59. The lowest BCUT2D eigenvalue weighted by atomic mass is 9.87. The van der Waals surface area contributed by atoms with Gasteiger partial charge in [0.2, 0.25) is 0 Å². The number of rotatable bonds is 4. The Balaban J connectivity index is 2.63. The first-order valence-electron chi connectivity index (χ1n) is 4.29. The maximum atomic E-state index is 11.1. The average Bonchev–Trinajstić information content (AvgIpc) is 2.04. The number of carbonyl (C=O) groups excluding carboxylic acids is 1. The number of hydrogen-bond acceptors (Lipinski definition) is 4. The van der Waals surface area contributed by atoms with Crippen LogP contribution < -0.4 is 5.48 Å². The van der Waals surface area contributed by atoms with Crippen molar-refractivity contribution < 1.29 is 14.4 Å². The second-order valence-corrected chi connectivity index (χ2v) is 3.23. The molecule has 1 rings (SSSR count). The monoisotopic (exact) mass is 185 g/mol. The predicted molar refractivity (Wildman–Crippen MR) is 47.9 cm³/mol. The number of nitrogens with one attached hydrogen (secondary N) is 1. The molecule has 0 radical (unpaired) electrons.